The Hall–Kier alpha value is -3.29. The molecule has 32 heavy (non-hydrogen) atoms. The van der Waals surface area contributed by atoms with E-state index in [1.807, 2.05) is 10.6 Å². The van der Waals surface area contributed by atoms with Gasteiger partial charge < -0.3 is 24.4 Å². The van der Waals surface area contributed by atoms with Crippen LogP contribution in [0.15, 0.2) is 35.3 Å². The van der Waals surface area contributed by atoms with E-state index in [-0.39, 0.29) is 23.6 Å². The third-order valence-electron chi connectivity index (χ3n) is 5.08. The Bertz CT molecular complexity index is 1080. The van der Waals surface area contributed by atoms with Gasteiger partial charge in [0, 0.05) is 18.0 Å². The van der Waals surface area contributed by atoms with Crippen LogP contribution in [0.25, 0.3) is 11.0 Å². The van der Waals surface area contributed by atoms with Gasteiger partial charge in [0.25, 0.3) is 5.91 Å². The van der Waals surface area contributed by atoms with Crippen LogP contribution < -0.4 is 10.6 Å². The van der Waals surface area contributed by atoms with E-state index in [0.717, 1.165) is 12.1 Å². The quantitative estimate of drug-likeness (QED) is 0.445. The first-order valence-electron chi connectivity index (χ1n) is 10.9. The fourth-order valence-electron chi connectivity index (χ4n) is 3.91. The van der Waals surface area contributed by atoms with Crippen LogP contribution in [0, 0.1) is 11.8 Å². The summed E-state index contributed by atoms with van der Waals surface area (Å²) in [6.07, 6.45) is 5.56. The first kappa shape index (κ1) is 23.4. The van der Waals surface area contributed by atoms with Gasteiger partial charge in [0.15, 0.2) is 5.69 Å². The topological polar surface area (TPSA) is 98.4 Å². The van der Waals surface area contributed by atoms with Crippen molar-refractivity contribution in [1.82, 2.24) is 9.55 Å². The van der Waals surface area contributed by atoms with Gasteiger partial charge in [-0.2, -0.15) is 0 Å². The summed E-state index contributed by atoms with van der Waals surface area (Å²) in [4.78, 5) is 30.3. The summed E-state index contributed by atoms with van der Waals surface area (Å²) in [6.45, 7) is 11.1. The number of rotatable bonds is 9. The van der Waals surface area contributed by atoms with E-state index >= 15 is 0 Å². The number of carbonyl (C=O) groups excluding carboxylic acids is 2. The number of hydrogen-bond donors (Lipinski definition) is 2. The molecule has 1 atom stereocenters. The summed E-state index contributed by atoms with van der Waals surface area (Å²) < 4.78 is 11.9. The number of ether oxygens (including phenoxy) is 1. The van der Waals surface area contributed by atoms with Crippen LogP contribution in [0.1, 0.15) is 61.9 Å². The number of hydrogen-bond acceptors (Lipinski definition) is 6. The first-order valence-corrected chi connectivity index (χ1v) is 10.9. The molecule has 0 aliphatic rings. The fourth-order valence-corrected chi connectivity index (χ4v) is 3.91. The monoisotopic (exact) mass is 440 g/mol. The van der Waals surface area contributed by atoms with Gasteiger partial charge >= 0.3 is 5.97 Å². The van der Waals surface area contributed by atoms with Crippen LogP contribution in [0.5, 0.6) is 0 Å². The molecule has 172 valence electrons. The Labute approximate surface area is 188 Å². The predicted octanol–water partition coefficient (Wildman–Crippen LogP) is 5.17. The van der Waals surface area contributed by atoms with Crippen molar-refractivity contribution in [3.8, 4) is 0 Å². The highest BCUT2D eigenvalue weighted by molar-refractivity contribution is 6.14. The summed E-state index contributed by atoms with van der Waals surface area (Å²) in [5, 5.41) is 7.03. The molecule has 0 saturated heterocycles. The molecule has 3 rings (SSSR count). The standard InChI is InChI=1S/C24H32N4O4/c1-14(2)9-16(5)26-18-10-19-20(27-23(29)17-7-8-32-13-17)21(24(30)31-6)28(12-15(3)4)22(19)25-11-18/h7-8,10-11,13-16,26H,9,12H2,1-6H3,(H,27,29)/t16-/m0/s1. The summed E-state index contributed by atoms with van der Waals surface area (Å²) in [5.74, 6) is -0.109. The summed E-state index contributed by atoms with van der Waals surface area (Å²) >= 11 is 0. The van der Waals surface area contributed by atoms with E-state index in [9.17, 15) is 9.59 Å². The molecular formula is C24H32N4O4. The van der Waals surface area contributed by atoms with Crippen LogP contribution in [0.3, 0.4) is 0 Å². The number of nitrogens with one attached hydrogen (secondary N) is 2. The second-order valence-corrected chi connectivity index (χ2v) is 8.96. The van der Waals surface area contributed by atoms with Crippen molar-refractivity contribution in [3.63, 3.8) is 0 Å². The highest BCUT2D eigenvalue weighted by Gasteiger charge is 2.27. The van der Waals surface area contributed by atoms with Crippen molar-refractivity contribution in [3.05, 3.63) is 42.1 Å². The van der Waals surface area contributed by atoms with Gasteiger partial charge in [0.05, 0.1) is 36.5 Å². The van der Waals surface area contributed by atoms with Gasteiger partial charge in [-0.3, -0.25) is 4.79 Å². The molecule has 8 nitrogen and oxygen atoms in total. The molecule has 3 aromatic rings. The maximum atomic E-state index is 12.8. The van der Waals surface area contributed by atoms with Gasteiger partial charge in [-0.25, -0.2) is 9.78 Å². The first-order chi connectivity index (χ1) is 15.2. The number of amides is 1. The molecule has 0 aromatic carbocycles. The van der Waals surface area contributed by atoms with E-state index in [1.54, 1.807) is 12.3 Å². The molecular weight excluding hydrogens is 408 g/mol. The lowest BCUT2D eigenvalue weighted by Crippen LogP contribution is -2.18. The fraction of sp³-hybridized carbons (Fsp3) is 0.458. The number of carbonyl (C=O) groups is 2. The van der Waals surface area contributed by atoms with E-state index in [1.165, 1.54) is 19.6 Å². The minimum Gasteiger partial charge on any atom is -0.472 e. The molecule has 0 aliphatic heterocycles. The minimum absolute atomic E-state index is 0.246. The Morgan fingerprint density at radius 2 is 1.94 bits per heavy atom. The summed E-state index contributed by atoms with van der Waals surface area (Å²) in [7, 11) is 1.33. The number of fused-ring (bicyclic) bond motifs is 1. The van der Waals surface area contributed by atoms with E-state index in [0.29, 0.717) is 34.7 Å². The molecule has 0 aliphatic carbocycles. The molecule has 3 aromatic heterocycles. The molecule has 3 heterocycles. The van der Waals surface area contributed by atoms with Crippen molar-refractivity contribution in [1.29, 1.82) is 0 Å². The van der Waals surface area contributed by atoms with Crippen molar-refractivity contribution < 1.29 is 18.7 Å². The number of esters is 1. The molecule has 0 saturated carbocycles. The van der Waals surface area contributed by atoms with Gasteiger partial charge in [-0.15, -0.1) is 0 Å². The number of pyridine rings is 1. The predicted molar refractivity (Wildman–Crippen MR) is 125 cm³/mol. The molecule has 2 N–H and O–H groups in total. The second kappa shape index (κ2) is 9.89. The number of anilines is 2. The highest BCUT2D eigenvalue weighted by Crippen LogP contribution is 2.34. The average molecular weight is 441 g/mol. The van der Waals surface area contributed by atoms with Crippen LogP contribution >= 0.6 is 0 Å². The number of methoxy groups -OCH3 is 1. The largest absolute Gasteiger partial charge is 0.472 e. The average Bonchev–Trinajstić information content (AvgIpc) is 3.34. The summed E-state index contributed by atoms with van der Waals surface area (Å²) in [5.41, 5.74) is 2.45. The third-order valence-corrected chi connectivity index (χ3v) is 5.08. The van der Waals surface area contributed by atoms with Crippen molar-refractivity contribution in [2.24, 2.45) is 11.8 Å². The van der Waals surface area contributed by atoms with Crippen LogP contribution in [0.2, 0.25) is 0 Å². The zero-order valence-corrected chi connectivity index (χ0v) is 19.6. The lowest BCUT2D eigenvalue weighted by molar-refractivity contribution is 0.0589. The molecule has 0 radical (unpaired) electrons. The lowest BCUT2D eigenvalue weighted by Gasteiger charge is -2.17. The van der Waals surface area contributed by atoms with Crippen LogP contribution in [-0.2, 0) is 11.3 Å². The third kappa shape index (κ3) is 5.12. The molecule has 0 spiro atoms. The normalized spacial score (nSPS) is 12.4. The zero-order valence-electron chi connectivity index (χ0n) is 19.6. The Kier molecular flexibility index (Phi) is 7.22. The maximum Gasteiger partial charge on any atom is 0.356 e. The Morgan fingerprint density at radius 3 is 2.53 bits per heavy atom. The van der Waals surface area contributed by atoms with Crippen molar-refractivity contribution in [2.75, 3.05) is 17.7 Å². The molecule has 0 bridgehead atoms. The van der Waals surface area contributed by atoms with E-state index < -0.39 is 5.97 Å². The van der Waals surface area contributed by atoms with E-state index in [2.05, 4.69) is 50.2 Å². The summed E-state index contributed by atoms with van der Waals surface area (Å²) in [6, 6.07) is 3.74. The SMILES string of the molecule is COC(=O)c1c(NC(=O)c2ccoc2)c2cc(N[C@@H](C)CC(C)C)cnc2n1CC(C)C. The minimum atomic E-state index is -0.533. The Morgan fingerprint density at radius 1 is 1.19 bits per heavy atom. The van der Waals surface area contributed by atoms with Gasteiger partial charge in [-0.1, -0.05) is 27.7 Å². The van der Waals surface area contributed by atoms with Gasteiger partial charge in [0.1, 0.15) is 11.9 Å². The van der Waals surface area contributed by atoms with E-state index in [4.69, 9.17) is 9.15 Å². The number of furan rings is 1. The number of aromatic nitrogens is 2. The Balaban J connectivity index is 2.14. The van der Waals surface area contributed by atoms with Crippen LogP contribution in [-0.4, -0.2) is 34.6 Å². The smallest absolute Gasteiger partial charge is 0.356 e. The second-order valence-electron chi connectivity index (χ2n) is 8.96. The highest BCUT2D eigenvalue weighted by atomic mass is 16.5. The lowest BCUT2D eigenvalue weighted by atomic mass is 10.1. The van der Waals surface area contributed by atoms with Crippen molar-refractivity contribution >= 4 is 34.3 Å². The zero-order chi connectivity index (χ0) is 23.4. The molecule has 0 unspecified atom stereocenters. The van der Waals surface area contributed by atoms with Crippen LogP contribution in [0.4, 0.5) is 11.4 Å². The molecule has 1 amide bonds. The van der Waals surface area contributed by atoms with Gasteiger partial charge in [0.2, 0.25) is 0 Å². The maximum absolute atomic E-state index is 12.8. The van der Waals surface area contributed by atoms with Crippen molar-refractivity contribution in [2.45, 2.75) is 53.6 Å². The van der Waals surface area contributed by atoms with Gasteiger partial charge in [-0.05, 0) is 37.3 Å². The number of nitrogens with zero attached hydrogens (tertiary/aromatic N) is 2. The molecule has 0 fully saturated rings. The molecule has 8 heteroatoms.